The summed E-state index contributed by atoms with van der Waals surface area (Å²) in [5.74, 6) is 0.395. The van der Waals surface area contributed by atoms with Gasteiger partial charge < -0.3 is 5.11 Å². The minimum atomic E-state index is -0.902. The van der Waals surface area contributed by atoms with E-state index >= 15 is 0 Å². The highest BCUT2D eigenvalue weighted by atomic mass is 16.3. The molecular formula is C25H27N3O3. The van der Waals surface area contributed by atoms with Crippen LogP contribution in [-0.4, -0.2) is 38.4 Å². The zero-order valence-corrected chi connectivity index (χ0v) is 18.1. The lowest BCUT2D eigenvalue weighted by Crippen LogP contribution is -2.38. The van der Waals surface area contributed by atoms with Gasteiger partial charge in [0.1, 0.15) is 11.6 Å². The molecular weight excluding hydrogens is 390 g/mol. The predicted molar refractivity (Wildman–Crippen MR) is 121 cm³/mol. The Labute approximate surface area is 182 Å². The number of hydrogen-bond acceptors (Lipinski definition) is 5. The lowest BCUT2D eigenvalue weighted by Gasteiger charge is -2.26. The van der Waals surface area contributed by atoms with E-state index in [4.69, 9.17) is 0 Å². The molecule has 0 aromatic carbocycles. The molecule has 1 aliphatic carbocycles. The highest BCUT2D eigenvalue weighted by Crippen LogP contribution is 2.36. The van der Waals surface area contributed by atoms with Crippen molar-refractivity contribution < 1.29 is 14.7 Å². The number of allylic oxidation sites excluding steroid dienone is 3. The van der Waals surface area contributed by atoms with E-state index in [0.717, 1.165) is 16.7 Å². The van der Waals surface area contributed by atoms with E-state index in [1.165, 1.54) is 0 Å². The molecule has 1 atom stereocenters. The first-order valence-electron chi connectivity index (χ1n) is 10.6. The number of amides is 1. The lowest BCUT2D eigenvalue weighted by atomic mass is 9.94. The summed E-state index contributed by atoms with van der Waals surface area (Å²) in [5, 5.41) is 10.9. The van der Waals surface area contributed by atoms with Gasteiger partial charge in [-0.3, -0.25) is 14.5 Å². The molecule has 6 nitrogen and oxygen atoms in total. The molecule has 0 bridgehead atoms. The van der Waals surface area contributed by atoms with Crippen molar-refractivity contribution in [1.29, 1.82) is 0 Å². The topological polar surface area (TPSA) is 83.4 Å². The first kappa shape index (κ1) is 21.1. The smallest absolute Gasteiger partial charge is 0.256 e. The Balaban J connectivity index is 1.69. The van der Waals surface area contributed by atoms with Crippen LogP contribution in [0.3, 0.4) is 0 Å². The third-order valence-electron chi connectivity index (χ3n) is 5.70. The minimum Gasteiger partial charge on any atom is -0.390 e. The molecule has 1 unspecified atom stereocenters. The van der Waals surface area contributed by atoms with E-state index in [1.54, 1.807) is 18.7 Å². The first-order chi connectivity index (χ1) is 14.7. The molecule has 2 aliphatic rings. The monoisotopic (exact) mass is 417 g/mol. The number of nitrogens with zero attached hydrogens (tertiary/aromatic N) is 3. The number of aryl methyl sites for hydroxylation is 1. The van der Waals surface area contributed by atoms with Gasteiger partial charge in [-0.05, 0) is 63.5 Å². The van der Waals surface area contributed by atoms with E-state index < -0.39 is 11.6 Å². The van der Waals surface area contributed by atoms with Gasteiger partial charge in [-0.15, -0.1) is 0 Å². The van der Waals surface area contributed by atoms with Gasteiger partial charge in [0, 0.05) is 29.5 Å². The van der Waals surface area contributed by atoms with E-state index in [2.05, 4.69) is 9.97 Å². The number of hydrogen-bond donors (Lipinski definition) is 1. The number of pyridine rings is 2. The first-order valence-corrected chi connectivity index (χ1v) is 10.6. The van der Waals surface area contributed by atoms with Crippen LogP contribution in [0, 0.1) is 6.92 Å². The maximum absolute atomic E-state index is 13.4. The zero-order valence-electron chi connectivity index (χ0n) is 18.1. The summed E-state index contributed by atoms with van der Waals surface area (Å²) >= 11 is 0. The Morgan fingerprint density at radius 3 is 2.74 bits per heavy atom. The van der Waals surface area contributed by atoms with Crippen LogP contribution in [0.15, 0.2) is 59.7 Å². The SMILES string of the molecule is Cc1ccc2ccc(N3C(=O)C4=C(C=CC=CC4)C3CC(=O)CCC(C)(C)O)nc2n1. The van der Waals surface area contributed by atoms with Crippen molar-refractivity contribution in [2.24, 2.45) is 0 Å². The fourth-order valence-electron chi connectivity index (χ4n) is 4.04. The Hall–Kier alpha value is -3.12. The van der Waals surface area contributed by atoms with Crippen molar-refractivity contribution >= 4 is 28.5 Å². The number of aromatic nitrogens is 2. The molecule has 4 rings (SSSR count). The van der Waals surface area contributed by atoms with E-state index in [9.17, 15) is 14.7 Å². The molecule has 1 aliphatic heterocycles. The molecule has 160 valence electrons. The van der Waals surface area contributed by atoms with E-state index in [1.807, 2.05) is 55.5 Å². The number of ketones is 1. The molecule has 1 N–H and O–H groups in total. The molecule has 0 saturated heterocycles. The zero-order chi connectivity index (χ0) is 22.2. The highest BCUT2D eigenvalue weighted by molar-refractivity contribution is 6.11. The largest absolute Gasteiger partial charge is 0.390 e. The van der Waals surface area contributed by atoms with E-state index in [0.29, 0.717) is 29.9 Å². The number of aliphatic hydroxyl groups is 1. The van der Waals surface area contributed by atoms with Crippen molar-refractivity contribution in [2.75, 3.05) is 4.90 Å². The van der Waals surface area contributed by atoms with Crippen LogP contribution >= 0.6 is 0 Å². The molecule has 2 aromatic rings. The van der Waals surface area contributed by atoms with Gasteiger partial charge in [-0.25, -0.2) is 9.97 Å². The number of carbonyl (C=O) groups excluding carboxylic acids is 2. The molecule has 0 fully saturated rings. The standard InChI is InChI=1S/C25H27N3O3/c1-16-9-10-17-11-12-22(27-23(17)26-16)28-21(15-18(29)13-14-25(2,3)31)19-7-5-4-6-8-20(19)24(28)30/h4-7,9-12,21,31H,8,13-15H2,1-3H3. The summed E-state index contributed by atoms with van der Waals surface area (Å²) in [6, 6.07) is 7.19. The van der Waals surface area contributed by atoms with Crippen LogP contribution in [-0.2, 0) is 9.59 Å². The van der Waals surface area contributed by atoms with Crippen molar-refractivity contribution in [3.8, 4) is 0 Å². The highest BCUT2D eigenvalue weighted by Gasteiger charge is 2.40. The van der Waals surface area contributed by atoms with Gasteiger partial charge in [0.25, 0.3) is 5.91 Å². The average molecular weight is 418 g/mol. The van der Waals surface area contributed by atoms with Crippen molar-refractivity contribution in [3.63, 3.8) is 0 Å². The molecule has 1 amide bonds. The molecule has 2 aromatic heterocycles. The summed E-state index contributed by atoms with van der Waals surface area (Å²) in [6.07, 6.45) is 9.06. The van der Waals surface area contributed by atoms with Crippen LogP contribution in [0.1, 0.15) is 45.2 Å². The van der Waals surface area contributed by atoms with Gasteiger partial charge >= 0.3 is 0 Å². The quantitative estimate of drug-likeness (QED) is 0.769. The number of fused-ring (bicyclic) bond motifs is 1. The maximum Gasteiger partial charge on any atom is 0.256 e. The number of rotatable bonds is 6. The molecule has 0 radical (unpaired) electrons. The third-order valence-corrected chi connectivity index (χ3v) is 5.70. The van der Waals surface area contributed by atoms with Gasteiger partial charge in [0.2, 0.25) is 0 Å². The summed E-state index contributed by atoms with van der Waals surface area (Å²) in [6.45, 7) is 5.29. The molecule has 0 saturated carbocycles. The second-order valence-electron chi connectivity index (χ2n) is 8.84. The second kappa shape index (κ2) is 8.19. The summed E-state index contributed by atoms with van der Waals surface area (Å²) in [4.78, 5) is 37.0. The second-order valence-corrected chi connectivity index (χ2v) is 8.84. The minimum absolute atomic E-state index is 0.0130. The molecule has 3 heterocycles. The summed E-state index contributed by atoms with van der Waals surface area (Å²) < 4.78 is 0. The fourth-order valence-corrected chi connectivity index (χ4v) is 4.04. The third kappa shape index (κ3) is 4.49. The van der Waals surface area contributed by atoms with Gasteiger partial charge in [0.05, 0.1) is 11.6 Å². The summed E-state index contributed by atoms with van der Waals surface area (Å²) in [7, 11) is 0. The predicted octanol–water partition coefficient (Wildman–Crippen LogP) is 3.98. The average Bonchev–Trinajstić information content (AvgIpc) is 2.87. The van der Waals surface area contributed by atoms with E-state index in [-0.39, 0.29) is 24.5 Å². The normalized spacial score (nSPS) is 18.6. The van der Waals surface area contributed by atoms with Crippen LogP contribution < -0.4 is 4.90 Å². The van der Waals surface area contributed by atoms with Crippen LogP contribution in [0.25, 0.3) is 11.0 Å². The van der Waals surface area contributed by atoms with Gasteiger partial charge in [-0.1, -0.05) is 24.3 Å². The van der Waals surface area contributed by atoms with Crippen LogP contribution in [0.2, 0.25) is 0 Å². The molecule has 0 spiro atoms. The fraction of sp³-hybridized carbons (Fsp3) is 0.360. The van der Waals surface area contributed by atoms with Crippen molar-refractivity contribution in [3.05, 3.63) is 65.4 Å². The van der Waals surface area contributed by atoms with Crippen molar-refractivity contribution in [1.82, 2.24) is 9.97 Å². The number of carbonyl (C=O) groups is 2. The number of anilines is 1. The van der Waals surface area contributed by atoms with Gasteiger partial charge in [-0.2, -0.15) is 0 Å². The Bertz CT molecular complexity index is 1140. The maximum atomic E-state index is 13.4. The Morgan fingerprint density at radius 2 is 1.97 bits per heavy atom. The van der Waals surface area contributed by atoms with Crippen molar-refractivity contribution in [2.45, 2.75) is 58.1 Å². The van der Waals surface area contributed by atoms with Crippen LogP contribution in [0.4, 0.5) is 5.82 Å². The number of Topliss-reactive ketones (excluding diaryl/α,β-unsaturated/α-hetero) is 1. The lowest BCUT2D eigenvalue weighted by molar-refractivity contribution is -0.120. The summed E-state index contributed by atoms with van der Waals surface area (Å²) in [5.41, 5.74) is 2.09. The Morgan fingerprint density at radius 1 is 1.19 bits per heavy atom. The molecule has 31 heavy (non-hydrogen) atoms. The van der Waals surface area contributed by atoms with Gasteiger partial charge in [0.15, 0.2) is 5.65 Å². The Kier molecular flexibility index (Phi) is 5.58. The van der Waals surface area contributed by atoms with Crippen LogP contribution in [0.5, 0.6) is 0 Å². The molecule has 6 heteroatoms.